The Balaban J connectivity index is 2.48. The third-order valence-corrected chi connectivity index (χ3v) is 4.40. The van der Waals surface area contributed by atoms with Gasteiger partial charge in [0.25, 0.3) is 0 Å². The van der Waals surface area contributed by atoms with Gasteiger partial charge < -0.3 is 19.1 Å². The second kappa shape index (κ2) is 7.94. The SMILES string of the molecule is CCOC(=O)c1sc(=Nc2ccc(OC)cc2)n(CCO)c1C. The highest BCUT2D eigenvalue weighted by atomic mass is 32.1. The first kappa shape index (κ1) is 17.2. The van der Waals surface area contributed by atoms with Crippen LogP contribution in [0.5, 0.6) is 5.75 Å². The van der Waals surface area contributed by atoms with E-state index in [1.807, 2.05) is 35.8 Å². The maximum absolute atomic E-state index is 12.0. The van der Waals surface area contributed by atoms with Crippen LogP contribution in [0.3, 0.4) is 0 Å². The van der Waals surface area contributed by atoms with Gasteiger partial charge in [-0.25, -0.2) is 9.79 Å². The molecule has 0 aliphatic heterocycles. The number of hydrogen-bond donors (Lipinski definition) is 1. The normalized spacial score (nSPS) is 11.6. The van der Waals surface area contributed by atoms with Crippen LogP contribution in [0.25, 0.3) is 0 Å². The molecule has 0 saturated heterocycles. The van der Waals surface area contributed by atoms with Crippen LogP contribution < -0.4 is 9.54 Å². The number of nitrogens with zero attached hydrogens (tertiary/aromatic N) is 2. The minimum Gasteiger partial charge on any atom is -0.497 e. The molecule has 124 valence electrons. The topological polar surface area (TPSA) is 73.0 Å². The van der Waals surface area contributed by atoms with Crippen LogP contribution in [0.15, 0.2) is 29.3 Å². The van der Waals surface area contributed by atoms with E-state index in [0.29, 0.717) is 22.8 Å². The zero-order valence-corrected chi connectivity index (χ0v) is 14.2. The Morgan fingerprint density at radius 3 is 2.61 bits per heavy atom. The maximum Gasteiger partial charge on any atom is 0.350 e. The molecular formula is C16H20N2O4S. The zero-order valence-electron chi connectivity index (χ0n) is 13.4. The molecule has 2 rings (SSSR count). The highest BCUT2D eigenvalue weighted by molar-refractivity contribution is 7.11. The number of methoxy groups -OCH3 is 1. The van der Waals surface area contributed by atoms with Crippen LogP contribution in [-0.2, 0) is 11.3 Å². The number of thiazole rings is 1. The van der Waals surface area contributed by atoms with Crippen molar-refractivity contribution in [2.75, 3.05) is 20.3 Å². The standard InChI is InChI=1S/C16H20N2O4S/c1-4-22-15(20)14-11(2)18(9-10-19)16(23-14)17-12-5-7-13(21-3)8-6-12/h5-8,19H,4,9-10H2,1-3H3. The number of carbonyl (C=O) groups is 1. The minimum atomic E-state index is -0.363. The number of benzene rings is 1. The Bertz CT molecular complexity index is 732. The van der Waals surface area contributed by atoms with Crippen molar-refractivity contribution in [3.63, 3.8) is 0 Å². The second-order valence-corrected chi connectivity index (χ2v) is 5.68. The van der Waals surface area contributed by atoms with E-state index in [-0.39, 0.29) is 12.6 Å². The van der Waals surface area contributed by atoms with Crippen LogP contribution in [-0.4, -0.2) is 36.0 Å². The molecule has 0 radical (unpaired) electrons. The van der Waals surface area contributed by atoms with Crippen molar-refractivity contribution >= 4 is 23.0 Å². The van der Waals surface area contributed by atoms with Crippen molar-refractivity contribution in [2.24, 2.45) is 4.99 Å². The fraction of sp³-hybridized carbons (Fsp3) is 0.375. The highest BCUT2D eigenvalue weighted by Gasteiger charge is 2.17. The number of carbonyl (C=O) groups excluding carboxylic acids is 1. The predicted molar refractivity (Wildman–Crippen MR) is 88.3 cm³/mol. The second-order valence-electron chi connectivity index (χ2n) is 4.70. The summed E-state index contributed by atoms with van der Waals surface area (Å²) in [6.45, 7) is 4.25. The van der Waals surface area contributed by atoms with E-state index in [1.165, 1.54) is 11.3 Å². The largest absolute Gasteiger partial charge is 0.497 e. The number of rotatable bonds is 6. The lowest BCUT2D eigenvalue weighted by molar-refractivity contribution is 0.0530. The van der Waals surface area contributed by atoms with E-state index in [4.69, 9.17) is 9.47 Å². The van der Waals surface area contributed by atoms with E-state index < -0.39 is 0 Å². The number of esters is 1. The summed E-state index contributed by atoms with van der Waals surface area (Å²) in [6, 6.07) is 7.31. The van der Waals surface area contributed by atoms with Gasteiger partial charge in [-0.1, -0.05) is 11.3 Å². The van der Waals surface area contributed by atoms with Gasteiger partial charge in [-0.05, 0) is 38.1 Å². The first-order valence-corrected chi connectivity index (χ1v) is 8.09. The molecule has 0 bridgehead atoms. The van der Waals surface area contributed by atoms with Crippen LogP contribution >= 0.6 is 11.3 Å². The molecule has 0 spiro atoms. The Hall–Kier alpha value is -2.12. The molecule has 0 atom stereocenters. The van der Waals surface area contributed by atoms with Crippen molar-refractivity contribution in [2.45, 2.75) is 20.4 Å². The van der Waals surface area contributed by atoms with E-state index in [1.54, 1.807) is 14.0 Å². The Morgan fingerprint density at radius 1 is 1.35 bits per heavy atom. The summed E-state index contributed by atoms with van der Waals surface area (Å²) in [5.41, 5.74) is 1.49. The molecule has 2 aromatic rings. The van der Waals surface area contributed by atoms with Gasteiger partial charge in [0.15, 0.2) is 4.80 Å². The molecule has 0 aliphatic rings. The first-order chi connectivity index (χ1) is 11.1. The Labute approximate surface area is 138 Å². The molecule has 1 aromatic carbocycles. The van der Waals surface area contributed by atoms with Gasteiger partial charge in [0.1, 0.15) is 10.6 Å². The summed E-state index contributed by atoms with van der Waals surface area (Å²) in [5.74, 6) is 0.389. The molecule has 1 aromatic heterocycles. The summed E-state index contributed by atoms with van der Waals surface area (Å²) >= 11 is 1.26. The number of hydrogen-bond acceptors (Lipinski definition) is 6. The lowest BCUT2D eigenvalue weighted by Gasteiger charge is -2.04. The van der Waals surface area contributed by atoms with Crippen LogP contribution in [0.1, 0.15) is 22.3 Å². The van der Waals surface area contributed by atoms with Gasteiger partial charge in [-0.15, -0.1) is 0 Å². The highest BCUT2D eigenvalue weighted by Crippen LogP contribution is 2.19. The summed E-state index contributed by atoms with van der Waals surface area (Å²) in [4.78, 5) is 17.7. The fourth-order valence-electron chi connectivity index (χ4n) is 2.09. The molecule has 0 amide bonds. The Kier molecular flexibility index (Phi) is 5.95. The summed E-state index contributed by atoms with van der Waals surface area (Å²) < 4.78 is 12.0. The summed E-state index contributed by atoms with van der Waals surface area (Å²) in [7, 11) is 1.61. The Morgan fingerprint density at radius 2 is 2.04 bits per heavy atom. The lowest BCUT2D eigenvalue weighted by atomic mass is 10.3. The van der Waals surface area contributed by atoms with Crippen molar-refractivity contribution in [1.29, 1.82) is 0 Å². The number of aliphatic hydroxyl groups excluding tert-OH is 1. The van der Waals surface area contributed by atoms with E-state index in [2.05, 4.69) is 4.99 Å². The predicted octanol–water partition coefficient (Wildman–Crippen LogP) is 2.27. The van der Waals surface area contributed by atoms with Crippen molar-refractivity contribution < 1.29 is 19.4 Å². The quantitative estimate of drug-likeness (QED) is 0.821. The van der Waals surface area contributed by atoms with Gasteiger partial charge in [-0.3, -0.25) is 0 Å². The number of aliphatic hydroxyl groups is 1. The van der Waals surface area contributed by atoms with Gasteiger partial charge in [0.2, 0.25) is 0 Å². The summed E-state index contributed by atoms with van der Waals surface area (Å²) in [5, 5.41) is 9.26. The van der Waals surface area contributed by atoms with Crippen molar-refractivity contribution in [1.82, 2.24) is 4.57 Å². The molecule has 0 aliphatic carbocycles. The van der Waals surface area contributed by atoms with Gasteiger partial charge in [0, 0.05) is 12.2 Å². The fourth-order valence-corrected chi connectivity index (χ4v) is 3.16. The average molecular weight is 336 g/mol. The van der Waals surface area contributed by atoms with Crippen molar-refractivity contribution in [3.05, 3.63) is 39.6 Å². The smallest absolute Gasteiger partial charge is 0.350 e. The third kappa shape index (κ3) is 4.00. The molecule has 6 nitrogen and oxygen atoms in total. The van der Waals surface area contributed by atoms with Gasteiger partial charge in [-0.2, -0.15) is 0 Å². The molecule has 0 saturated carbocycles. The number of ether oxygens (including phenoxy) is 2. The third-order valence-electron chi connectivity index (χ3n) is 3.24. The minimum absolute atomic E-state index is 0.0321. The van der Waals surface area contributed by atoms with E-state index >= 15 is 0 Å². The van der Waals surface area contributed by atoms with Crippen LogP contribution in [0, 0.1) is 6.92 Å². The van der Waals surface area contributed by atoms with Crippen molar-refractivity contribution in [3.8, 4) is 5.75 Å². The monoisotopic (exact) mass is 336 g/mol. The van der Waals surface area contributed by atoms with Gasteiger partial charge in [0.05, 0.1) is 26.0 Å². The van der Waals surface area contributed by atoms with E-state index in [0.717, 1.165) is 17.1 Å². The number of aromatic nitrogens is 1. The average Bonchev–Trinajstić information content (AvgIpc) is 2.86. The lowest BCUT2D eigenvalue weighted by Crippen LogP contribution is -2.18. The maximum atomic E-state index is 12.0. The molecule has 0 fully saturated rings. The van der Waals surface area contributed by atoms with E-state index in [9.17, 15) is 9.90 Å². The summed E-state index contributed by atoms with van der Waals surface area (Å²) in [6.07, 6.45) is 0. The molecule has 1 N–H and O–H groups in total. The first-order valence-electron chi connectivity index (χ1n) is 7.27. The molecule has 0 unspecified atom stereocenters. The molecule has 7 heteroatoms. The molecular weight excluding hydrogens is 316 g/mol. The van der Waals surface area contributed by atoms with Crippen LogP contribution in [0.4, 0.5) is 5.69 Å². The molecule has 23 heavy (non-hydrogen) atoms. The molecule has 1 heterocycles. The zero-order chi connectivity index (χ0) is 16.8. The van der Waals surface area contributed by atoms with Crippen LogP contribution in [0.2, 0.25) is 0 Å². The van der Waals surface area contributed by atoms with Gasteiger partial charge >= 0.3 is 5.97 Å².